The summed E-state index contributed by atoms with van der Waals surface area (Å²) in [6, 6.07) is 7.47. The van der Waals surface area contributed by atoms with E-state index in [0.717, 1.165) is 24.3 Å². The van der Waals surface area contributed by atoms with Gasteiger partial charge in [0.1, 0.15) is 5.75 Å². The Morgan fingerprint density at radius 1 is 0.594 bits per heavy atom. The summed E-state index contributed by atoms with van der Waals surface area (Å²) in [7, 11) is -5.92. The zero-order valence-electron chi connectivity index (χ0n) is 15.2. The van der Waals surface area contributed by atoms with Gasteiger partial charge in [-0.15, -0.1) is 0 Å². The van der Waals surface area contributed by atoms with Crippen molar-refractivity contribution in [1.29, 1.82) is 0 Å². The van der Waals surface area contributed by atoms with Crippen LogP contribution in [0.1, 0.15) is 11.1 Å². The Morgan fingerprint density at radius 2 is 1.09 bits per heavy atom. The van der Waals surface area contributed by atoms with E-state index in [1.165, 1.54) is 12.1 Å². The molecule has 0 saturated carbocycles. The van der Waals surface area contributed by atoms with Gasteiger partial charge in [0.15, 0.2) is 0 Å². The van der Waals surface area contributed by atoms with E-state index < -0.39 is 50.4 Å². The van der Waals surface area contributed by atoms with E-state index in [4.69, 9.17) is 0 Å². The Labute approximate surface area is 174 Å². The maximum absolute atomic E-state index is 13.1. The Bertz CT molecular complexity index is 1240. The Morgan fingerprint density at radius 3 is 1.59 bits per heavy atom. The standard InChI is InChI=1S/C19H9F9O3S/c20-17(21,22)14-6-13(7-15(9-14)18(23,24)25)11-1-2-12-8-16(4-3-10(12)5-11)31-32(29,30)19(26,27)28/h1-9H. The van der Waals surface area contributed by atoms with Gasteiger partial charge in [0.2, 0.25) is 0 Å². The summed E-state index contributed by atoms with van der Waals surface area (Å²) >= 11 is 0. The Hall–Kier alpha value is -2.96. The molecule has 3 aromatic rings. The first-order chi connectivity index (χ1) is 14.5. The number of hydrogen-bond donors (Lipinski definition) is 0. The van der Waals surface area contributed by atoms with Crippen LogP contribution in [0, 0.1) is 0 Å². The van der Waals surface area contributed by atoms with Crippen LogP contribution in [0.25, 0.3) is 21.9 Å². The lowest BCUT2D eigenvalue weighted by Gasteiger charge is -2.15. The number of halogens is 9. The van der Waals surface area contributed by atoms with Gasteiger partial charge in [-0.3, -0.25) is 0 Å². The van der Waals surface area contributed by atoms with Crippen molar-refractivity contribution in [2.75, 3.05) is 0 Å². The molecule has 3 nitrogen and oxygen atoms in total. The van der Waals surface area contributed by atoms with Crippen molar-refractivity contribution in [2.45, 2.75) is 17.9 Å². The molecule has 32 heavy (non-hydrogen) atoms. The lowest BCUT2D eigenvalue weighted by molar-refractivity contribution is -0.143. The fourth-order valence-electron chi connectivity index (χ4n) is 2.75. The normalized spacial score (nSPS) is 13.4. The summed E-state index contributed by atoms with van der Waals surface area (Å²) in [5.74, 6) is -0.680. The summed E-state index contributed by atoms with van der Waals surface area (Å²) in [6.45, 7) is 0. The second-order valence-electron chi connectivity index (χ2n) is 6.50. The van der Waals surface area contributed by atoms with Crippen molar-refractivity contribution >= 4 is 20.9 Å². The minimum Gasteiger partial charge on any atom is -0.376 e. The Kier molecular flexibility index (Phi) is 5.61. The third kappa shape index (κ3) is 4.92. The summed E-state index contributed by atoms with van der Waals surface area (Å²) in [6.07, 6.45) is -10.1. The molecular weight excluding hydrogens is 479 g/mol. The molecule has 13 heteroatoms. The van der Waals surface area contributed by atoms with Crippen LogP contribution in [0.2, 0.25) is 0 Å². The van der Waals surface area contributed by atoms with Crippen LogP contribution in [0.3, 0.4) is 0 Å². The monoisotopic (exact) mass is 488 g/mol. The van der Waals surface area contributed by atoms with Crippen LogP contribution >= 0.6 is 0 Å². The van der Waals surface area contributed by atoms with E-state index in [1.54, 1.807) is 0 Å². The van der Waals surface area contributed by atoms with Gasteiger partial charge in [0.25, 0.3) is 0 Å². The van der Waals surface area contributed by atoms with Gasteiger partial charge in [-0.2, -0.15) is 47.9 Å². The maximum atomic E-state index is 13.1. The molecule has 0 N–H and O–H groups in total. The van der Waals surface area contributed by atoms with Gasteiger partial charge < -0.3 is 4.18 Å². The molecule has 0 saturated heterocycles. The third-order valence-corrected chi connectivity index (χ3v) is 5.20. The largest absolute Gasteiger partial charge is 0.534 e. The third-order valence-electron chi connectivity index (χ3n) is 4.22. The lowest BCUT2D eigenvalue weighted by Crippen LogP contribution is -2.28. The van der Waals surface area contributed by atoms with Crippen LogP contribution in [-0.4, -0.2) is 13.9 Å². The van der Waals surface area contributed by atoms with E-state index in [-0.39, 0.29) is 22.4 Å². The minimum atomic E-state index is -5.92. The molecule has 3 rings (SSSR count). The predicted molar refractivity (Wildman–Crippen MR) is 95.0 cm³/mol. The number of hydrogen-bond acceptors (Lipinski definition) is 3. The zero-order valence-corrected chi connectivity index (χ0v) is 16.0. The van der Waals surface area contributed by atoms with Crippen LogP contribution in [0.15, 0.2) is 54.6 Å². The van der Waals surface area contributed by atoms with Gasteiger partial charge >= 0.3 is 28.0 Å². The average Bonchev–Trinajstić information content (AvgIpc) is 2.64. The van der Waals surface area contributed by atoms with Gasteiger partial charge in [-0.25, -0.2) is 0 Å². The van der Waals surface area contributed by atoms with Crippen molar-refractivity contribution in [3.05, 3.63) is 65.7 Å². The second-order valence-corrected chi connectivity index (χ2v) is 8.04. The van der Waals surface area contributed by atoms with Gasteiger partial charge in [-0.05, 0) is 58.3 Å². The first-order valence-corrected chi connectivity index (χ1v) is 9.73. The summed E-state index contributed by atoms with van der Waals surface area (Å²) < 4.78 is 142. The average molecular weight is 488 g/mol. The number of benzene rings is 3. The van der Waals surface area contributed by atoms with Gasteiger partial charge in [0, 0.05) is 0 Å². The number of rotatable bonds is 3. The van der Waals surface area contributed by atoms with E-state index in [9.17, 15) is 47.9 Å². The molecule has 0 aliphatic heterocycles. The molecule has 0 aliphatic rings. The summed E-state index contributed by atoms with van der Waals surface area (Å²) in [4.78, 5) is 0. The van der Waals surface area contributed by atoms with Crippen molar-refractivity contribution < 1.29 is 52.1 Å². The van der Waals surface area contributed by atoms with E-state index in [0.29, 0.717) is 12.1 Å². The number of fused-ring (bicyclic) bond motifs is 1. The first kappa shape index (κ1) is 23.7. The van der Waals surface area contributed by atoms with E-state index >= 15 is 0 Å². The molecule has 0 atom stereocenters. The molecule has 0 fully saturated rings. The highest BCUT2D eigenvalue weighted by atomic mass is 32.2. The van der Waals surface area contributed by atoms with Crippen molar-refractivity contribution in [3.63, 3.8) is 0 Å². The topological polar surface area (TPSA) is 43.4 Å². The van der Waals surface area contributed by atoms with Crippen LogP contribution < -0.4 is 4.18 Å². The molecule has 0 aromatic heterocycles. The molecule has 0 radical (unpaired) electrons. The van der Waals surface area contributed by atoms with Crippen molar-refractivity contribution in [3.8, 4) is 16.9 Å². The molecule has 0 unspecified atom stereocenters. The van der Waals surface area contributed by atoms with Crippen LogP contribution in [0.4, 0.5) is 39.5 Å². The zero-order chi connectivity index (χ0) is 24.1. The smallest absolute Gasteiger partial charge is 0.376 e. The molecule has 0 aliphatic carbocycles. The van der Waals surface area contributed by atoms with Crippen molar-refractivity contribution in [2.24, 2.45) is 0 Å². The highest BCUT2D eigenvalue weighted by molar-refractivity contribution is 7.88. The molecule has 172 valence electrons. The first-order valence-electron chi connectivity index (χ1n) is 8.32. The minimum absolute atomic E-state index is 0.0186. The summed E-state index contributed by atoms with van der Waals surface area (Å²) in [5.41, 5.74) is -9.11. The molecule has 0 heterocycles. The summed E-state index contributed by atoms with van der Waals surface area (Å²) in [5, 5.41) is 0.330. The van der Waals surface area contributed by atoms with Crippen LogP contribution in [-0.2, 0) is 22.5 Å². The quantitative estimate of drug-likeness (QED) is 0.232. The predicted octanol–water partition coefficient (Wildman–Crippen LogP) is 6.77. The SMILES string of the molecule is O=S(=O)(Oc1ccc2cc(-c3cc(C(F)(F)F)cc(C(F)(F)F)c3)ccc2c1)C(F)(F)F. The fourth-order valence-corrected chi connectivity index (χ4v) is 3.20. The second kappa shape index (κ2) is 7.57. The lowest BCUT2D eigenvalue weighted by atomic mass is 9.97. The molecular formula is C19H9F9O3S. The van der Waals surface area contributed by atoms with Crippen LogP contribution in [0.5, 0.6) is 5.75 Å². The Balaban J connectivity index is 2.06. The fraction of sp³-hybridized carbons (Fsp3) is 0.158. The van der Waals surface area contributed by atoms with E-state index in [1.807, 2.05) is 0 Å². The molecule has 3 aromatic carbocycles. The highest BCUT2D eigenvalue weighted by Crippen LogP contribution is 2.39. The molecule has 0 spiro atoms. The van der Waals surface area contributed by atoms with E-state index in [2.05, 4.69) is 4.18 Å². The van der Waals surface area contributed by atoms with Gasteiger partial charge in [0.05, 0.1) is 11.1 Å². The number of alkyl halides is 9. The molecule has 0 bridgehead atoms. The van der Waals surface area contributed by atoms with Crippen molar-refractivity contribution in [1.82, 2.24) is 0 Å². The van der Waals surface area contributed by atoms with Gasteiger partial charge in [-0.1, -0.05) is 18.2 Å². The highest BCUT2D eigenvalue weighted by Gasteiger charge is 2.48. The molecule has 0 amide bonds. The maximum Gasteiger partial charge on any atom is 0.534 e.